The van der Waals surface area contributed by atoms with Crippen LogP contribution in [0.4, 0.5) is 23.2 Å². The third kappa shape index (κ3) is 4.25. The molecule has 2 aliphatic carbocycles. The van der Waals surface area contributed by atoms with E-state index in [-0.39, 0.29) is 17.2 Å². The molecule has 2 bridgehead atoms. The SMILES string of the molecule is O=C(O)c1cccc(NC(=O)[C@H]2[C@H](C(=O)OCC(F)(F)C(F)F)[C@H]3C=C[C@H]2C3)c1. The number of carbonyl (C=O) groups is 3. The molecule has 0 aliphatic heterocycles. The Hall–Kier alpha value is -2.91. The van der Waals surface area contributed by atoms with Crippen LogP contribution in [0.15, 0.2) is 36.4 Å². The fourth-order valence-electron chi connectivity index (χ4n) is 3.78. The quantitative estimate of drug-likeness (QED) is 0.405. The van der Waals surface area contributed by atoms with Crippen LogP contribution in [0.3, 0.4) is 0 Å². The molecule has 29 heavy (non-hydrogen) atoms. The number of carbonyl (C=O) groups excluding carboxylic acids is 2. The lowest BCUT2D eigenvalue weighted by Crippen LogP contribution is -2.40. The van der Waals surface area contributed by atoms with Crippen LogP contribution < -0.4 is 5.32 Å². The van der Waals surface area contributed by atoms with Gasteiger partial charge in [0, 0.05) is 5.69 Å². The Labute approximate surface area is 162 Å². The molecule has 10 heteroatoms. The van der Waals surface area contributed by atoms with Crippen molar-refractivity contribution in [2.75, 3.05) is 11.9 Å². The van der Waals surface area contributed by atoms with Crippen LogP contribution in [0.1, 0.15) is 16.8 Å². The summed E-state index contributed by atoms with van der Waals surface area (Å²) < 4.78 is 55.1. The van der Waals surface area contributed by atoms with Gasteiger partial charge < -0.3 is 15.2 Å². The van der Waals surface area contributed by atoms with Gasteiger partial charge in [-0.1, -0.05) is 18.2 Å². The Kier molecular flexibility index (Phi) is 5.63. The molecule has 0 spiro atoms. The standard InChI is InChI=1S/C19H17F4NO5/c20-18(21)19(22,23)8-29-17(28)14-10-5-4-9(6-10)13(14)15(25)24-12-3-1-2-11(7-12)16(26)27/h1-5,7,9-10,13-14,18H,6,8H2,(H,24,25)(H,26,27)/t9-,10-,13+,14+/m0/s1. The van der Waals surface area contributed by atoms with Crippen molar-refractivity contribution in [1.82, 2.24) is 0 Å². The van der Waals surface area contributed by atoms with Crippen molar-refractivity contribution in [2.45, 2.75) is 18.8 Å². The summed E-state index contributed by atoms with van der Waals surface area (Å²) in [5, 5.41) is 11.5. The van der Waals surface area contributed by atoms with Crippen LogP contribution in [0.25, 0.3) is 0 Å². The van der Waals surface area contributed by atoms with Crippen molar-refractivity contribution in [3.63, 3.8) is 0 Å². The number of rotatable bonds is 7. The maximum Gasteiger partial charge on any atom is 0.340 e. The zero-order chi connectivity index (χ0) is 21.3. The third-order valence-electron chi connectivity index (χ3n) is 5.14. The predicted octanol–water partition coefficient (Wildman–Crippen LogP) is 3.21. The van der Waals surface area contributed by atoms with Gasteiger partial charge >= 0.3 is 24.3 Å². The second-order valence-corrected chi connectivity index (χ2v) is 7.04. The number of amides is 1. The first-order chi connectivity index (χ1) is 13.6. The molecule has 1 saturated carbocycles. The molecular formula is C19H17F4NO5. The zero-order valence-electron chi connectivity index (χ0n) is 14.9. The summed E-state index contributed by atoms with van der Waals surface area (Å²) in [7, 11) is 0. The lowest BCUT2D eigenvalue weighted by atomic mass is 9.82. The molecule has 3 rings (SSSR count). The van der Waals surface area contributed by atoms with E-state index in [1.54, 1.807) is 12.2 Å². The average molecular weight is 415 g/mol. The van der Waals surface area contributed by atoms with Gasteiger partial charge in [0.05, 0.1) is 17.4 Å². The van der Waals surface area contributed by atoms with E-state index in [9.17, 15) is 31.9 Å². The number of hydrogen-bond donors (Lipinski definition) is 2. The summed E-state index contributed by atoms with van der Waals surface area (Å²) in [6.45, 7) is -1.77. The van der Waals surface area contributed by atoms with E-state index in [1.807, 2.05) is 0 Å². The molecule has 156 valence electrons. The average Bonchev–Trinajstić information content (AvgIpc) is 3.27. The normalized spacial score (nSPS) is 25.3. The maximum atomic E-state index is 13.1. The zero-order valence-corrected chi connectivity index (χ0v) is 14.9. The van der Waals surface area contributed by atoms with Crippen LogP contribution in [0, 0.1) is 23.7 Å². The summed E-state index contributed by atoms with van der Waals surface area (Å²) in [5.41, 5.74) is 0.138. The van der Waals surface area contributed by atoms with Gasteiger partial charge in [0.25, 0.3) is 0 Å². The Morgan fingerprint density at radius 3 is 2.45 bits per heavy atom. The minimum Gasteiger partial charge on any atom is -0.478 e. The topological polar surface area (TPSA) is 92.7 Å². The molecule has 6 nitrogen and oxygen atoms in total. The Morgan fingerprint density at radius 1 is 1.17 bits per heavy atom. The van der Waals surface area contributed by atoms with Gasteiger partial charge in [0.1, 0.15) is 0 Å². The number of fused-ring (bicyclic) bond motifs is 2. The van der Waals surface area contributed by atoms with Gasteiger partial charge in [-0.15, -0.1) is 0 Å². The van der Waals surface area contributed by atoms with Crippen LogP contribution in [-0.4, -0.2) is 41.9 Å². The number of carboxylic acids is 1. The summed E-state index contributed by atoms with van der Waals surface area (Å²) in [6.07, 6.45) is -0.134. The van der Waals surface area contributed by atoms with Gasteiger partial charge in [-0.05, 0) is 36.5 Å². The van der Waals surface area contributed by atoms with Crippen molar-refractivity contribution in [2.24, 2.45) is 23.7 Å². The molecule has 0 aromatic heterocycles. The van der Waals surface area contributed by atoms with Crippen molar-refractivity contribution >= 4 is 23.5 Å². The van der Waals surface area contributed by atoms with Gasteiger partial charge in [0.15, 0.2) is 6.61 Å². The first-order valence-corrected chi connectivity index (χ1v) is 8.75. The summed E-state index contributed by atoms with van der Waals surface area (Å²) in [6, 6.07) is 5.46. The molecule has 0 radical (unpaired) electrons. The number of alkyl halides is 4. The fourth-order valence-corrected chi connectivity index (χ4v) is 3.78. The van der Waals surface area contributed by atoms with Crippen LogP contribution in [0.5, 0.6) is 0 Å². The highest BCUT2D eigenvalue weighted by molar-refractivity contribution is 5.98. The van der Waals surface area contributed by atoms with E-state index in [1.165, 1.54) is 24.3 Å². The Morgan fingerprint density at radius 2 is 1.83 bits per heavy atom. The molecule has 1 aromatic rings. The minimum absolute atomic E-state index is 0.0548. The number of anilines is 1. The van der Waals surface area contributed by atoms with E-state index < -0.39 is 54.6 Å². The number of hydrogen-bond acceptors (Lipinski definition) is 4. The Bertz CT molecular complexity index is 857. The number of aromatic carboxylic acids is 1. The molecule has 2 N–H and O–H groups in total. The predicted molar refractivity (Wildman–Crippen MR) is 91.7 cm³/mol. The lowest BCUT2D eigenvalue weighted by Gasteiger charge is -2.26. The van der Waals surface area contributed by atoms with Gasteiger partial charge in [-0.2, -0.15) is 8.78 Å². The monoisotopic (exact) mass is 415 g/mol. The van der Waals surface area contributed by atoms with E-state index in [2.05, 4.69) is 10.1 Å². The Balaban J connectivity index is 1.72. The van der Waals surface area contributed by atoms with Gasteiger partial charge in [-0.3, -0.25) is 9.59 Å². The van der Waals surface area contributed by atoms with Gasteiger partial charge in [-0.25, -0.2) is 13.6 Å². The first kappa shape index (κ1) is 20.8. The molecule has 0 unspecified atom stereocenters. The second kappa shape index (κ2) is 7.84. The lowest BCUT2D eigenvalue weighted by molar-refractivity contribution is -0.184. The minimum atomic E-state index is -4.47. The number of halogens is 4. The number of nitrogens with one attached hydrogen (secondary N) is 1. The molecule has 1 amide bonds. The van der Waals surface area contributed by atoms with Gasteiger partial charge in [0.2, 0.25) is 5.91 Å². The molecule has 1 fully saturated rings. The summed E-state index contributed by atoms with van der Waals surface area (Å²) in [4.78, 5) is 36.1. The molecule has 2 aliphatic rings. The number of allylic oxidation sites excluding steroid dienone is 2. The number of esters is 1. The molecule has 4 atom stereocenters. The maximum absolute atomic E-state index is 13.1. The smallest absolute Gasteiger partial charge is 0.340 e. The second-order valence-electron chi connectivity index (χ2n) is 7.04. The number of carboxylic acid groups (broad SMARTS) is 1. The van der Waals surface area contributed by atoms with Crippen molar-refractivity contribution in [1.29, 1.82) is 0 Å². The van der Waals surface area contributed by atoms with Crippen molar-refractivity contribution in [3.8, 4) is 0 Å². The van der Waals surface area contributed by atoms with Crippen molar-refractivity contribution < 1.29 is 41.8 Å². The van der Waals surface area contributed by atoms with Crippen LogP contribution in [-0.2, 0) is 14.3 Å². The highest BCUT2D eigenvalue weighted by atomic mass is 19.3. The fraction of sp³-hybridized carbons (Fsp3) is 0.421. The van der Waals surface area contributed by atoms with E-state index >= 15 is 0 Å². The highest BCUT2D eigenvalue weighted by Gasteiger charge is 2.53. The number of benzene rings is 1. The summed E-state index contributed by atoms with van der Waals surface area (Å²) in [5.74, 6) is -10.2. The summed E-state index contributed by atoms with van der Waals surface area (Å²) >= 11 is 0. The molecule has 0 heterocycles. The van der Waals surface area contributed by atoms with E-state index in [0.717, 1.165) is 0 Å². The molecular weight excluding hydrogens is 398 g/mol. The first-order valence-electron chi connectivity index (χ1n) is 8.75. The molecule has 1 aromatic carbocycles. The third-order valence-corrected chi connectivity index (χ3v) is 5.14. The number of ether oxygens (including phenoxy) is 1. The van der Waals surface area contributed by atoms with Crippen molar-refractivity contribution in [3.05, 3.63) is 42.0 Å². The van der Waals surface area contributed by atoms with Crippen LogP contribution in [0.2, 0.25) is 0 Å². The largest absolute Gasteiger partial charge is 0.478 e. The molecule has 0 saturated heterocycles. The van der Waals surface area contributed by atoms with E-state index in [0.29, 0.717) is 6.42 Å². The van der Waals surface area contributed by atoms with E-state index in [4.69, 9.17) is 5.11 Å². The highest BCUT2D eigenvalue weighted by Crippen LogP contribution is 2.49. The van der Waals surface area contributed by atoms with Crippen LogP contribution >= 0.6 is 0 Å².